The molecule has 5 atom stereocenters. The molecule has 12 heavy (non-hydrogen) atoms. The van der Waals surface area contributed by atoms with E-state index in [1.54, 1.807) is 6.92 Å². The van der Waals surface area contributed by atoms with Gasteiger partial charge in [0.2, 0.25) is 0 Å². The van der Waals surface area contributed by atoms with Crippen molar-refractivity contribution in [3.05, 3.63) is 0 Å². The van der Waals surface area contributed by atoms with E-state index in [1.165, 1.54) is 0 Å². The Morgan fingerprint density at radius 1 is 1.33 bits per heavy atom. The molecular weight excluding hydrogens is 164 g/mol. The summed E-state index contributed by atoms with van der Waals surface area (Å²) in [5.74, 6) is -0.712. The van der Waals surface area contributed by atoms with Gasteiger partial charge in [0.1, 0.15) is 12.2 Å². The van der Waals surface area contributed by atoms with Crippen LogP contribution < -0.4 is 0 Å². The summed E-state index contributed by atoms with van der Waals surface area (Å²) < 4.78 is 9.85. The third-order valence-corrected chi connectivity index (χ3v) is 2.32. The Hall–Kier alpha value is -0.650. The van der Waals surface area contributed by atoms with Gasteiger partial charge in [-0.25, -0.2) is 4.79 Å². The van der Waals surface area contributed by atoms with E-state index < -0.39 is 30.4 Å². The van der Waals surface area contributed by atoms with E-state index in [0.29, 0.717) is 0 Å². The Kier molecular flexibility index (Phi) is 1.61. The normalized spacial score (nSPS) is 52.2. The van der Waals surface area contributed by atoms with E-state index in [2.05, 4.69) is 0 Å². The molecule has 2 heterocycles. The summed E-state index contributed by atoms with van der Waals surface area (Å²) in [5, 5.41) is 18.6. The highest BCUT2D eigenvalue weighted by molar-refractivity contribution is 5.78. The first-order valence-corrected chi connectivity index (χ1v) is 3.83. The van der Waals surface area contributed by atoms with Crippen LogP contribution in [0.15, 0.2) is 0 Å². The van der Waals surface area contributed by atoms with Gasteiger partial charge in [0, 0.05) is 0 Å². The fourth-order valence-electron chi connectivity index (χ4n) is 1.60. The number of aliphatic hydroxyl groups is 2. The van der Waals surface area contributed by atoms with Gasteiger partial charge in [-0.1, -0.05) is 0 Å². The van der Waals surface area contributed by atoms with Crippen LogP contribution in [-0.4, -0.2) is 46.7 Å². The molecule has 2 N–H and O–H groups in total. The molecule has 0 radical (unpaired) electrons. The van der Waals surface area contributed by atoms with Crippen LogP contribution in [0.4, 0.5) is 0 Å². The first-order chi connectivity index (χ1) is 5.61. The number of esters is 1. The smallest absolute Gasteiger partial charge is 0.338 e. The summed E-state index contributed by atoms with van der Waals surface area (Å²) in [6, 6.07) is 0. The minimum absolute atomic E-state index is 0.386. The molecule has 0 aromatic heterocycles. The van der Waals surface area contributed by atoms with Gasteiger partial charge in [-0.05, 0) is 6.92 Å². The molecule has 2 fully saturated rings. The molecule has 2 saturated heterocycles. The van der Waals surface area contributed by atoms with Crippen molar-refractivity contribution in [2.75, 3.05) is 0 Å². The van der Waals surface area contributed by atoms with Crippen molar-refractivity contribution < 1.29 is 24.5 Å². The maximum atomic E-state index is 10.8. The average Bonchev–Trinajstić information content (AvgIpc) is 2.43. The molecule has 2 aliphatic rings. The first-order valence-electron chi connectivity index (χ1n) is 3.83. The SMILES string of the molecule is CC1OC2C(O)C(=O)OC2C1O. The lowest BCUT2D eigenvalue weighted by Crippen LogP contribution is -2.31. The Balaban J connectivity index is 2.19. The predicted octanol–water partition coefficient (Wildman–Crippen LogP) is -1.58. The number of carbonyl (C=O) groups is 1. The van der Waals surface area contributed by atoms with Crippen LogP contribution in [0.3, 0.4) is 0 Å². The highest BCUT2D eigenvalue weighted by atomic mass is 16.6. The maximum absolute atomic E-state index is 10.8. The first kappa shape index (κ1) is 7.97. The molecule has 0 aromatic carbocycles. The van der Waals surface area contributed by atoms with Gasteiger partial charge in [-0.15, -0.1) is 0 Å². The zero-order chi connectivity index (χ0) is 8.88. The molecule has 2 aliphatic heterocycles. The number of fused-ring (bicyclic) bond motifs is 1. The summed E-state index contributed by atoms with van der Waals surface area (Å²) in [5.41, 5.74) is 0. The van der Waals surface area contributed by atoms with Crippen LogP contribution in [-0.2, 0) is 14.3 Å². The van der Waals surface area contributed by atoms with Gasteiger partial charge in [0.05, 0.1) is 6.10 Å². The summed E-state index contributed by atoms with van der Waals surface area (Å²) in [4.78, 5) is 10.8. The molecule has 2 rings (SSSR count). The summed E-state index contributed by atoms with van der Waals surface area (Å²) in [6.45, 7) is 1.67. The van der Waals surface area contributed by atoms with E-state index >= 15 is 0 Å². The molecule has 5 unspecified atom stereocenters. The van der Waals surface area contributed by atoms with Crippen molar-refractivity contribution in [1.82, 2.24) is 0 Å². The van der Waals surface area contributed by atoms with Crippen molar-refractivity contribution in [2.24, 2.45) is 0 Å². The van der Waals surface area contributed by atoms with E-state index in [9.17, 15) is 15.0 Å². The van der Waals surface area contributed by atoms with Gasteiger partial charge in [-0.3, -0.25) is 0 Å². The van der Waals surface area contributed by atoms with Crippen molar-refractivity contribution in [2.45, 2.75) is 37.4 Å². The maximum Gasteiger partial charge on any atom is 0.338 e. The third-order valence-electron chi connectivity index (χ3n) is 2.32. The van der Waals surface area contributed by atoms with Gasteiger partial charge < -0.3 is 19.7 Å². The number of hydrogen-bond donors (Lipinski definition) is 2. The molecule has 5 nitrogen and oxygen atoms in total. The zero-order valence-electron chi connectivity index (χ0n) is 6.51. The van der Waals surface area contributed by atoms with Crippen LogP contribution >= 0.6 is 0 Å². The van der Waals surface area contributed by atoms with E-state index in [-0.39, 0.29) is 6.10 Å². The van der Waals surface area contributed by atoms with Crippen LogP contribution in [0.1, 0.15) is 6.92 Å². The van der Waals surface area contributed by atoms with Crippen LogP contribution in [0.5, 0.6) is 0 Å². The highest BCUT2D eigenvalue weighted by Gasteiger charge is 2.55. The number of ether oxygens (including phenoxy) is 2. The quantitative estimate of drug-likeness (QED) is 0.433. The molecule has 0 saturated carbocycles. The zero-order valence-corrected chi connectivity index (χ0v) is 6.51. The number of rotatable bonds is 0. The minimum Gasteiger partial charge on any atom is -0.455 e. The minimum atomic E-state index is -1.24. The van der Waals surface area contributed by atoms with Gasteiger partial charge >= 0.3 is 5.97 Å². The van der Waals surface area contributed by atoms with Crippen molar-refractivity contribution in [3.8, 4) is 0 Å². The molecule has 68 valence electrons. The molecule has 5 heteroatoms. The third kappa shape index (κ3) is 0.872. The number of hydrogen-bond acceptors (Lipinski definition) is 5. The Bertz CT molecular complexity index is 216. The van der Waals surface area contributed by atoms with E-state index in [4.69, 9.17) is 9.47 Å². The lowest BCUT2D eigenvalue weighted by Gasteiger charge is -2.11. The largest absolute Gasteiger partial charge is 0.455 e. The van der Waals surface area contributed by atoms with E-state index in [0.717, 1.165) is 0 Å². The Morgan fingerprint density at radius 2 is 2.00 bits per heavy atom. The fraction of sp³-hybridized carbons (Fsp3) is 0.857. The summed E-state index contributed by atoms with van der Waals surface area (Å²) in [6.07, 6.45) is -3.83. The molecular formula is C7H10O5. The molecule has 0 bridgehead atoms. The van der Waals surface area contributed by atoms with Gasteiger partial charge in [0.15, 0.2) is 12.2 Å². The Morgan fingerprint density at radius 3 is 2.58 bits per heavy atom. The summed E-state index contributed by atoms with van der Waals surface area (Å²) in [7, 11) is 0. The Labute approximate surface area is 68.9 Å². The van der Waals surface area contributed by atoms with Gasteiger partial charge in [0.25, 0.3) is 0 Å². The number of carbonyl (C=O) groups excluding carboxylic acids is 1. The predicted molar refractivity (Wildman–Crippen MR) is 36.2 cm³/mol. The van der Waals surface area contributed by atoms with Crippen molar-refractivity contribution in [1.29, 1.82) is 0 Å². The molecule has 0 aromatic rings. The van der Waals surface area contributed by atoms with E-state index in [1.807, 2.05) is 0 Å². The highest BCUT2D eigenvalue weighted by Crippen LogP contribution is 2.31. The van der Waals surface area contributed by atoms with Crippen molar-refractivity contribution >= 4 is 5.97 Å². The molecule has 0 amide bonds. The second-order valence-corrected chi connectivity index (χ2v) is 3.14. The second kappa shape index (κ2) is 2.42. The number of aliphatic hydroxyl groups excluding tert-OH is 2. The fourth-order valence-corrected chi connectivity index (χ4v) is 1.60. The molecule has 0 aliphatic carbocycles. The lowest BCUT2D eigenvalue weighted by molar-refractivity contribution is -0.152. The van der Waals surface area contributed by atoms with Crippen LogP contribution in [0, 0.1) is 0 Å². The molecule has 0 spiro atoms. The standard InChI is InChI=1S/C7H10O5/c1-2-3(8)5-6(11-2)4(9)7(10)12-5/h2-6,8-9H,1H3. The van der Waals surface area contributed by atoms with Crippen LogP contribution in [0.25, 0.3) is 0 Å². The monoisotopic (exact) mass is 174 g/mol. The van der Waals surface area contributed by atoms with Gasteiger partial charge in [-0.2, -0.15) is 0 Å². The lowest BCUT2D eigenvalue weighted by atomic mass is 10.1. The summed E-state index contributed by atoms with van der Waals surface area (Å²) >= 11 is 0. The topological polar surface area (TPSA) is 76.0 Å². The van der Waals surface area contributed by atoms with Crippen molar-refractivity contribution in [3.63, 3.8) is 0 Å². The van der Waals surface area contributed by atoms with Crippen LogP contribution in [0.2, 0.25) is 0 Å². The second-order valence-electron chi connectivity index (χ2n) is 3.14. The average molecular weight is 174 g/mol.